The first-order valence-corrected chi connectivity index (χ1v) is 15.9. The molecule has 0 N–H and O–H groups in total. The molecule has 4 unspecified atom stereocenters. The molecule has 0 spiro atoms. The Morgan fingerprint density at radius 1 is 1.06 bits per heavy atom. The maximum absolute atomic E-state index is 11.8. The van der Waals surface area contributed by atoms with E-state index in [2.05, 4.69) is 51.4 Å². The van der Waals surface area contributed by atoms with E-state index in [1.165, 1.54) is 48.9 Å². The maximum Gasteiger partial charge on any atom is 0.166 e. The predicted molar refractivity (Wildman–Crippen MR) is 160 cm³/mol. The Labute approximate surface area is 227 Å². The van der Waals surface area contributed by atoms with Gasteiger partial charge < -0.3 is 0 Å². The molecular formula is C29H46BrN3O2S. The van der Waals surface area contributed by atoms with Crippen molar-refractivity contribution in [2.75, 3.05) is 12.5 Å². The van der Waals surface area contributed by atoms with Gasteiger partial charge >= 0.3 is 0 Å². The Morgan fingerprint density at radius 2 is 1.69 bits per heavy atom. The number of carbonyl (C=O) groups is 1. The molecule has 0 radical (unpaired) electrons. The molecule has 0 aliphatic heterocycles. The number of fused-ring (bicyclic) bond motifs is 3. The zero-order valence-corrected chi connectivity index (χ0v) is 23.3. The van der Waals surface area contributed by atoms with E-state index in [1.807, 2.05) is 6.20 Å². The highest BCUT2D eigenvalue weighted by atomic mass is 79.9. The van der Waals surface area contributed by atoms with Crippen LogP contribution in [0.15, 0.2) is 18.5 Å². The number of hydrogen-bond donors (Lipinski definition) is 0. The minimum Gasteiger partial charge on any atom is -0.296 e. The summed E-state index contributed by atoms with van der Waals surface area (Å²) < 4.78 is 14.8. The van der Waals surface area contributed by atoms with Crippen LogP contribution in [0, 0.1) is 17.8 Å². The summed E-state index contributed by atoms with van der Waals surface area (Å²) in [4.78, 5) is 21.2. The van der Waals surface area contributed by atoms with Gasteiger partial charge in [0.1, 0.15) is 0 Å². The van der Waals surface area contributed by atoms with Crippen LogP contribution in [0.1, 0.15) is 103 Å². The summed E-state index contributed by atoms with van der Waals surface area (Å²) >= 11 is 3.65. The van der Waals surface area contributed by atoms with Gasteiger partial charge in [-0.25, -0.2) is 4.98 Å². The van der Waals surface area contributed by atoms with Gasteiger partial charge in [-0.15, -0.1) is 0 Å². The lowest BCUT2D eigenvalue weighted by Gasteiger charge is -2.27. The lowest BCUT2D eigenvalue weighted by Crippen LogP contribution is -2.27. The van der Waals surface area contributed by atoms with Crippen molar-refractivity contribution in [2.24, 2.45) is 17.8 Å². The van der Waals surface area contributed by atoms with Gasteiger partial charge in [0, 0.05) is 46.8 Å². The van der Waals surface area contributed by atoms with Crippen LogP contribution < -0.4 is 0 Å². The highest BCUT2D eigenvalue weighted by molar-refractivity contribution is 9.15. The molecule has 2 heterocycles. The van der Waals surface area contributed by atoms with Gasteiger partial charge in [0.05, 0.1) is 23.3 Å². The third kappa shape index (κ3) is 7.09. The van der Waals surface area contributed by atoms with Crippen molar-refractivity contribution in [3.8, 4) is 0 Å². The van der Waals surface area contributed by atoms with Gasteiger partial charge in [-0.2, -0.15) is 0 Å². The number of aromatic nitrogens is 3. The monoisotopic (exact) mass is 579 g/mol. The number of halogens is 1. The summed E-state index contributed by atoms with van der Waals surface area (Å²) in [6.45, 7) is 4.50. The van der Waals surface area contributed by atoms with E-state index >= 15 is 0 Å². The lowest BCUT2D eigenvalue weighted by molar-refractivity contribution is -0.118. The number of nitrogens with zero attached hydrogens (tertiary/aromatic N) is 3. The highest BCUT2D eigenvalue weighted by Crippen LogP contribution is 2.38. The number of Topliss-reactive ketones (excluding diaryl/α,β-unsaturated/α-hetero) is 1. The number of allylic oxidation sites excluding steroid dienone is 1. The number of ketones is 1. The van der Waals surface area contributed by atoms with Crippen LogP contribution in [-0.4, -0.2) is 42.2 Å². The zero-order chi connectivity index (χ0) is 24.5. The smallest absolute Gasteiger partial charge is 0.166 e. The molecule has 2 fully saturated rings. The Bertz CT molecular complexity index is 1200. The van der Waals surface area contributed by atoms with Gasteiger partial charge in [-0.3, -0.25) is 18.4 Å². The third-order valence-corrected chi connectivity index (χ3v) is 9.17. The van der Waals surface area contributed by atoms with Crippen LogP contribution in [0.5, 0.6) is 0 Å². The quantitative estimate of drug-likeness (QED) is 0.357. The minimum atomic E-state index is -2.02. The van der Waals surface area contributed by atoms with Gasteiger partial charge in [0.15, 0.2) is 11.4 Å². The molecule has 7 heteroatoms. The van der Waals surface area contributed by atoms with Crippen molar-refractivity contribution in [3.05, 3.63) is 35.6 Å². The molecule has 2 aromatic rings. The molecule has 3 aliphatic carbocycles. The number of hydrogen-bond acceptors (Lipinski definition) is 4. The van der Waals surface area contributed by atoms with E-state index < -0.39 is 9.52 Å². The summed E-state index contributed by atoms with van der Waals surface area (Å²) in [5.41, 5.74) is 4.55. The number of imidazole rings is 1. The van der Waals surface area contributed by atoms with E-state index in [-0.39, 0.29) is 26.6 Å². The molecule has 0 aromatic carbocycles. The maximum atomic E-state index is 11.8. The second kappa shape index (κ2) is 12.9. The van der Waals surface area contributed by atoms with Gasteiger partial charge in [0.25, 0.3) is 0 Å². The van der Waals surface area contributed by atoms with Crippen molar-refractivity contribution < 1.29 is 9.00 Å². The molecule has 2 aromatic heterocycles. The fraction of sp³-hybridized carbons (Fsp3) is 0.655. The molecular weight excluding hydrogens is 534 g/mol. The molecule has 0 amide bonds. The fourth-order valence-corrected chi connectivity index (χ4v) is 7.06. The van der Waals surface area contributed by atoms with E-state index in [9.17, 15) is 9.00 Å². The van der Waals surface area contributed by atoms with Crippen molar-refractivity contribution in [3.63, 3.8) is 0 Å². The van der Waals surface area contributed by atoms with Crippen LogP contribution in [0.3, 0.4) is 0 Å². The molecule has 36 heavy (non-hydrogen) atoms. The van der Waals surface area contributed by atoms with Crippen molar-refractivity contribution in [1.29, 1.82) is 0 Å². The van der Waals surface area contributed by atoms with E-state index in [0.29, 0.717) is 11.8 Å². The molecule has 0 saturated heterocycles. The molecule has 3 aliphatic rings. The van der Waals surface area contributed by atoms with Crippen LogP contribution in [0.4, 0.5) is 0 Å². The first kappa shape index (κ1) is 30.8. The summed E-state index contributed by atoms with van der Waals surface area (Å²) in [7, 11) is -2.02. The highest BCUT2D eigenvalue weighted by Gasteiger charge is 2.27. The largest absolute Gasteiger partial charge is 0.296 e. The lowest BCUT2D eigenvalue weighted by atomic mass is 9.78. The summed E-state index contributed by atoms with van der Waals surface area (Å²) in [5.74, 6) is 2.06. The van der Waals surface area contributed by atoms with Crippen LogP contribution in [0.2, 0.25) is 0 Å². The fourth-order valence-electron chi connectivity index (χ4n) is 5.75. The molecule has 4 atom stereocenters. The minimum absolute atomic E-state index is 0. The SMILES string of the molecule is C.C.CC1CCCCC1C(=O)C=S(C)(C)=O.CC1CCCCC1c1cn2c3c(ncc2n1)CC=C3Br. The van der Waals surface area contributed by atoms with Crippen LogP contribution >= 0.6 is 15.9 Å². The Hall–Kier alpha value is -1.47. The van der Waals surface area contributed by atoms with Gasteiger partial charge in [-0.1, -0.05) is 73.3 Å². The second-order valence-corrected chi connectivity index (χ2v) is 14.5. The molecule has 0 bridgehead atoms. The van der Waals surface area contributed by atoms with E-state index in [0.717, 1.165) is 47.4 Å². The Balaban J connectivity index is 0.000000256. The second-order valence-electron chi connectivity index (χ2n) is 10.8. The summed E-state index contributed by atoms with van der Waals surface area (Å²) in [5, 5.41) is 1.44. The van der Waals surface area contributed by atoms with Gasteiger partial charge in [0.2, 0.25) is 0 Å². The molecule has 2 saturated carbocycles. The summed E-state index contributed by atoms with van der Waals surface area (Å²) in [6, 6.07) is 0. The molecule has 5 rings (SSSR count). The number of rotatable bonds is 3. The van der Waals surface area contributed by atoms with Crippen molar-refractivity contribution >= 4 is 46.7 Å². The van der Waals surface area contributed by atoms with Crippen LogP contribution in [-0.2, 0) is 20.7 Å². The first-order valence-electron chi connectivity index (χ1n) is 12.7. The van der Waals surface area contributed by atoms with Gasteiger partial charge in [-0.05, 0) is 50.1 Å². The normalized spacial score (nSPS) is 25.4. The Morgan fingerprint density at radius 3 is 2.33 bits per heavy atom. The topological polar surface area (TPSA) is 64.3 Å². The average Bonchev–Trinajstić information content (AvgIpc) is 3.37. The first-order chi connectivity index (χ1) is 16.1. The predicted octanol–water partition coefficient (Wildman–Crippen LogP) is 7.32. The zero-order valence-electron chi connectivity index (χ0n) is 20.9. The van der Waals surface area contributed by atoms with Crippen LogP contribution in [0.25, 0.3) is 10.1 Å². The number of carbonyl (C=O) groups excluding carboxylic acids is 1. The van der Waals surface area contributed by atoms with E-state index in [4.69, 9.17) is 4.98 Å². The summed E-state index contributed by atoms with van der Waals surface area (Å²) in [6.07, 6.45) is 20.3. The van der Waals surface area contributed by atoms with Crippen molar-refractivity contribution in [2.45, 2.75) is 92.4 Å². The van der Waals surface area contributed by atoms with Crippen molar-refractivity contribution in [1.82, 2.24) is 14.4 Å². The third-order valence-electron chi connectivity index (χ3n) is 7.67. The standard InChI is InChI=1S/C16H18BrN3.C11H20O2S.2CH4/c1-10-4-2-3-5-11(10)14-9-20-15(19-14)8-18-13-7-6-12(17)16(13)20;1-9-6-4-5-7-10(9)11(12)8-14(2,3)13;;/h6,8-11H,2-5,7H2,1H3;8-10H,4-7H2,1-3H3;2*1H4. The molecule has 202 valence electrons. The average molecular weight is 581 g/mol. The Kier molecular flexibility index (Phi) is 11.0. The van der Waals surface area contributed by atoms with E-state index in [1.54, 1.807) is 12.5 Å². The molecule has 5 nitrogen and oxygen atoms in total.